The molecule has 2 rings (SSSR count). The molecule has 1 aliphatic rings. The smallest absolute Gasteiger partial charge is 0.271 e. The maximum Gasteiger partial charge on any atom is 0.271 e. The number of aromatic nitrogens is 2. The Kier molecular flexibility index (Phi) is 7.31. The number of amides is 2. The largest absolute Gasteiger partial charge is 0.355 e. The van der Waals surface area contributed by atoms with Crippen molar-refractivity contribution in [2.75, 3.05) is 26.2 Å². The quantitative estimate of drug-likeness (QED) is 0.736. The molecule has 7 nitrogen and oxygen atoms in total. The number of rotatable bonds is 8. The summed E-state index contributed by atoms with van der Waals surface area (Å²) in [6, 6.07) is -0.135. The molecule has 1 heterocycles. The minimum Gasteiger partial charge on any atom is -0.355 e. The van der Waals surface area contributed by atoms with Gasteiger partial charge in [-0.3, -0.25) is 14.6 Å². The van der Waals surface area contributed by atoms with Gasteiger partial charge in [0.15, 0.2) is 0 Å². The van der Waals surface area contributed by atoms with Crippen molar-refractivity contribution in [3.8, 4) is 0 Å². The second-order valence-corrected chi connectivity index (χ2v) is 6.48. The van der Waals surface area contributed by atoms with Gasteiger partial charge in [-0.05, 0) is 32.9 Å². The molecule has 1 saturated carbocycles. The molecule has 7 heteroatoms. The molecular weight excluding hydrogens is 318 g/mol. The van der Waals surface area contributed by atoms with Gasteiger partial charge in [-0.15, -0.1) is 0 Å². The van der Waals surface area contributed by atoms with E-state index in [0.29, 0.717) is 6.54 Å². The zero-order chi connectivity index (χ0) is 18.2. The first-order valence-electron chi connectivity index (χ1n) is 9.14. The van der Waals surface area contributed by atoms with E-state index in [-0.39, 0.29) is 29.5 Å². The predicted octanol–water partition coefficient (Wildman–Crippen LogP) is 1.14. The van der Waals surface area contributed by atoms with E-state index >= 15 is 0 Å². The first-order chi connectivity index (χ1) is 12.0. The van der Waals surface area contributed by atoms with Gasteiger partial charge in [-0.2, -0.15) is 0 Å². The van der Waals surface area contributed by atoms with Gasteiger partial charge < -0.3 is 15.5 Å². The molecule has 1 aromatic rings. The summed E-state index contributed by atoms with van der Waals surface area (Å²) in [7, 11) is 0. The molecule has 2 atom stereocenters. The molecule has 1 aliphatic carbocycles. The van der Waals surface area contributed by atoms with Crippen LogP contribution in [-0.4, -0.2) is 58.9 Å². The van der Waals surface area contributed by atoms with Crippen LogP contribution >= 0.6 is 0 Å². The summed E-state index contributed by atoms with van der Waals surface area (Å²) in [4.78, 5) is 35.2. The van der Waals surface area contributed by atoms with Crippen LogP contribution in [0.4, 0.5) is 0 Å². The zero-order valence-corrected chi connectivity index (χ0v) is 15.4. The number of aryl methyl sites for hydroxylation is 1. The lowest BCUT2D eigenvalue weighted by atomic mass is 10.0. The van der Waals surface area contributed by atoms with Crippen LogP contribution in [-0.2, 0) is 4.79 Å². The van der Waals surface area contributed by atoms with Crippen LogP contribution < -0.4 is 10.6 Å². The van der Waals surface area contributed by atoms with Crippen LogP contribution in [0.3, 0.4) is 0 Å². The van der Waals surface area contributed by atoms with Crippen LogP contribution in [0, 0.1) is 12.8 Å². The molecule has 0 unspecified atom stereocenters. The molecule has 0 aromatic carbocycles. The van der Waals surface area contributed by atoms with Crippen molar-refractivity contribution in [3.05, 3.63) is 23.8 Å². The average molecular weight is 347 g/mol. The third kappa shape index (κ3) is 5.49. The van der Waals surface area contributed by atoms with Crippen molar-refractivity contribution in [1.82, 2.24) is 25.5 Å². The SMILES string of the molecule is CCN(CC)CCNC(=O)[C@H]1CCC[C@H]1NC(=O)c1cnc(C)cn1. The summed E-state index contributed by atoms with van der Waals surface area (Å²) in [5, 5.41) is 5.97. The van der Waals surface area contributed by atoms with Gasteiger partial charge in [0.05, 0.1) is 17.8 Å². The van der Waals surface area contributed by atoms with E-state index in [4.69, 9.17) is 0 Å². The average Bonchev–Trinajstić information content (AvgIpc) is 3.07. The molecule has 0 bridgehead atoms. The summed E-state index contributed by atoms with van der Waals surface area (Å²) in [6.07, 6.45) is 5.61. The van der Waals surface area contributed by atoms with Crippen LogP contribution in [0.25, 0.3) is 0 Å². The fraction of sp³-hybridized carbons (Fsp3) is 0.667. The molecule has 0 spiro atoms. The Morgan fingerprint density at radius 3 is 2.60 bits per heavy atom. The number of nitrogens with one attached hydrogen (secondary N) is 2. The Hall–Kier alpha value is -2.02. The molecule has 138 valence electrons. The van der Waals surface area contributed by atoms with Gasteiger partial charge in [0.1, 0.15) is 5.69 Å². The molecule has 0 saturated heterocycles. The Balaban J connectivity index is 1.85. The Labute approximate surface area is 149 Å². The van der Waals surface area contributed by atoms with E-state index in [1.807, 2.05) is 6.92 Å². The molecule has 0 aliphatic heterocycles. The highest BCUT2D eigenvalue weighted by molar-refractivity contribution is 5.92. The summed E-state index contributed by atoms with van der Waals surface area (Å²) in [6.45, 7) is 9.49. The molecule has 0 radical (unpaired) electrons. The number of nitrogens with zero attached hydrogens (tertiary/aromatic N) is 3. The van der Waals surface area contributed by atoms with Gasteiger partial charge in [-0.25, -0.2) is 4.98 Å². The molecular formula is C18H29N5O2. The summed E-state index contributed by atoms with van der Waals surface area (Å²) >= 11 is 0. The minimum atomic E-state index is -0.264. The number of hydrogen-bond donors (Lipinski definition) is 2. The van der Waals surface area contributed by atoms with Crippen LogP contribution in [0.2, 0.25) is 0 Å². The van der Waals surface area contributed by atoms with Crippen molar-refractivity contribution >= 4 is 11.8 Å². The number of carbonyl (C=O) groups excluding carboxylic acids is 2. The molecule has 1 fully saturated rings. The number of likely N-dealkylation sites (N-methyl/N-ethyl adjacent to an activating group) is 1. The molecule has 1 aromatic heterocycles. The third-order valence-electron chi connectivity index (χ3n) is 4.80. The van der Waals surface area contributed by atoms with E-state index in [1.54, 1.807) is 6.20 Å². The van der Waals surface area contributed by atoms with E-state index < -0.39 is 0 Å². The summed E-state index contributed by atoms with van der Waals surface area (Å²) < 4.78 is 0. The lowest BCUT2D eigenvalue weighted by molar-refractivity contribution is -0.125. The highest BCUT2D eigenvalue weighted by atomic mass is 16.2. The van der Waals surface area contributed by atoms with E-state index in [1.165, 1.54) is 6.20 Å². The van der Waals surface area contributed by atoms with Crippen LogP contribution in [0.15, 0.2) is 12.4 Å². The Bertz CT molecular complexity index is 571. The van der Waals surface area contributed by atoms with E-state index in [2.05, 4.69) is 39.3 Å². The van der Waals surface area contributed by atoms with Crippen molar-refractivity contribution in [2.45, 2.75) is 46.1 Å². The monoisotopic (exact) mass is 347 g/mol. The fourth-order valence-corrected chi connectivity index (χ4v) is 3.21. The van der Waals surface area contributed by atoms with E-state index in [9.17, 15) is 9.59 Å². The first kappa shape index (κ1) is 19.3. The number of hydrogen-bond acceptors (Lipinski definition) is 5. The standard InChI is InChI=1S/C18H29N5O2/c1-4-23(5-2)10-9-19-17(24)14-7-6-8-15(14)22-18(25)16-12-20-13(3)11-21-16/h11-12,14-15H,4-10H2,1-3H3,(H,19,24)(H,22,25)/t14-,15+/m0/s1. The van der Waals surface area contributed by atoms with Crippen molar-refractivity contribution < 1.29 is 9.59 Å². The molecule has 2 N–H and O–H groups in total. The van der Waals surface area contributed by atoms with Crippen LogP contribution in [0.5, 0.6) is 0 Å². The summed E-state index contributed by atoms with van der Waals surface area (Å²) in [5.41, 5.74) is 1.06. The molecule has 25 heavy (non-hydrogen) atoms. The lowest BCUT2D eigenvalue weighted by Crippen LogP contribution is -2.45. The predicted molar refractivity (Wildman–Crippen MR) is 96.2 cm³/mol. The third-order valence-corrected chi connectivity index (χ3v) is 4.80. The zero-order valence-electron chi connectivity index (χ0n) is 15.4. The maximum absolute atomic E-state index is 12.5. The van der Waals surface area contributed by atoms with Crippen LogP contribution in [0.1, 0.15) is 49.3 Å². The Morgan fingerprint density at radius 2 is 1.96 bits per heavy atom. The van der Waals surface area contributed by atoms with Gasteiger partial charge in [-0.1, -0.05) is 20.3 Å². The summed E-state index contributed by atoms with van der Waals surface area (Å²) in [5.74, 6) is -0.399. The normalized spacial score (nSPS) is 19.8. The Morgan fingerprint density at radius 1 is 1.20 bits per heavy atom. The van der Waals surface area contributed by atoms with Gasteiger partial charge >= 0.3 is 0 Å². The minimum absolute atomic E-state index is 0.0324. The van der Waals surface area contributed by atoms with E-state index in [0.717, 1.165) is 44.6 Å². The van der Waals surface area contributed by atoms with Gasteiger partial charge in [0.2, 0.25) is 5.91 Å². The van der Waals surface area contributed by atoms with Crippen molar-refractivity contribution in [1.29, 1.82) is 0 Å². The topological polar surface area (TPSA) is 87.2 Å². The first-order valence-corrected chi connectivity index (χ1v) is 9.14. The number of carbonyl (C=O) groups is 2. The fourth-order valence-electron chi connectivity index (χ4n) is 3.21. The highest BCUT2D eigenvalue weighted by Gasteiger charge is 2.34. The van der Waals surface area contributed by atoms with Gasteiger partial charge in [0.25, 0.3) is 5.91 Å². The maximum atomic E-state index is 12.5. The highest BCUT2D eigenvalue weighted by Crippen LogP contribution is 2.26. The van der Waals surface area contributed by atoms with Crippen molar-refractivity contribution in [2.24, 2.45) is 5.92 Å². The second-order valence-electron chi connectivity index (χ2n) is 6.48. The lowest BCUT2D eigenvalue weighted by Gasteiger charge is -2.22. The second kappa shape index (κ2) is 9.46. The van der Waals surface area contributed by atoms with Crippen molar-refractivity contribution in [3.63, 3.8) is 0 Å². The molecule has 2 amide bonds. The van der Waals surface area contributed by atoms with Gasteiger partial charge in [0, 0.05) is 25.3 Å².